The molecular formula is C16H22N2O6. The van der Waals surface area contributed by atoms with Crippen molar-refractivity contribution in [1.29, 1.82) is 0 Å². The quantitative estimate of drug-likeness (QED) is 0.820. The lowest BCUT2D eigenvalue weighted by Gasteiger charge is -2.33. The van der Waals surface area contributed by atoms with E-state index < -0.39 is 41.1 Å². The number of H-pyrrole nitrogens is 1. The van der Waals surface area contributed by atoms with Crippen LogP contribution in [-0.4, -0.2) is 44.9 Å². The molecule has 0 amide bonds. The molecule has 1 spiro atoms. The number of nitrogens with one attached hydrogen (secondary N) is 1. The molecule has 24 heavy (non-hydrogen) atoms. The van der Waals surface area contributed by atoms with Crippen LogP contribution in [0.3, 0.4) is 0 Å². The Bertz CT molecular complexity index is 731. The number of aromatic nitrogens is 2. The first-order valence-corrected chi connectivity index (χ1v) is 8.48. The van der Waals surface area contributed by atoms with Gasteiger partial charge in [0.15, 0.2) is 12.0 Å². The first kappa shape index (κ1) is 16.0. The van der Waals surface area contributed by atoms with Gasteiger partial charge in [-0.15, -0.1) is 0 Å². The van der Waals surface area contributed by atoms with Crippen LogP contribution in [0.25, 0.3) is 0 Å². The van der Waals surface area contributed by atoms with Crippen molar-refractivity contribution in [1.82, 2.24) is 9.55 Å². The summed E-state index contributed by atoms with van der Waals surface area (Å²) in [6, 6.07) is 1.27. The molecule has 4 rings (SSSR count). The van der Waals surface area contributed by atoms with Gasteiger partial charge >= 0.3 is 5.69 Å². The predicted octanol–water partition coefficient (Wildman–Crippen LogP) is 0.261. The van der Waals surface area contributed by atoms with E-state index in [2.05, 4.69) is 4.98 Å². The predicted molar refractivity (Wildman–Crippen MR) is 82.5 cm³/mol. The van der Waals surface area contributed by atoms with Crippen molar-refractivity contribution in [3.63, 3.8) is 0 Å². The summed E-state index contributed by atoms with van der Waals surface area (Å²) in [5.74, 6) is -0.640. The standard InChI is InChI=1S/C16H22N2O6/c1-2-15(9-19)12-11(22-16(23-12)6-3-4-7-16)13(24-15)18-8-5-10(20)17-14(18)21/h5,8,11-13,19H,2-4,6-7,9H2,1H3,(H,17,20,21)/t11-,12+,13-,15+/m1/s1. The van der Waals surface area contributed by atoms with E-state index in [-0.39, 0.29) is 6.61 Å². The lowest BCUT2D eigenvalue weighted by atomic mass is 9.93. The van der Waals surface area contributed by atoms with Crippen molar-refractivity contribution in [3.05, 3.63) is 33.1 Å². The molecule has 3 fully saturated rings. The zero-order chi connectivity index (χ0) is 16.9. The van der Waals surface area contributed by atoms with Crippen LogP contribution in [0, 0.1) is 0 Å². The number of ether oxygens (including phenoxy) is 3. The fourth-order valence-electron chi connectivity index (χ4n) is 4.14. The van der Waals surface area contributed by atoms with E-state index in [9.17, 15) is 14.7 Å². The van der Waals surface area contributed by atoms with Crippen LogP contribution in [0.15, 0.2) is 21.9 Å². The maximum atomic E-state index is 12.2. The van der Waals surface area contributed by atoms with Gasteiger partial charge in [-0.3, -0.25) is 14.3 Å². The number of fused-ring (bicyclic) bond motifs is 1. The summed E-state index contributed by atoms with van der Waals surface area (Å²) in [7, 11) is 0. The summed E-state index contributed by atoms with van der Waals surface area (Å²) in [6.07, 6.45) is 3.90. The number of rotatable bonds is 3. The molecule has 1 aliphatic carbocycles. The molecule has 1 aromatic rings. The lowest BCUT2D eigenvalue weighted by molar-refractivity contribution is -0.240. The van der Waals surface area contributed by atoms with Crippen LogP contribution in [0.4, 0.5) is 0 Å². The lowest BCUT2D eigenvalue weighted by Crippen LogP contribution is -2.46. The van der Waals surface area contributed by atoms with E-state index >= 15 is 0 Å². The van der Waals surface area contributed by atoms with E-state index in [1.165, 1.54) is 16.8 Å². The van der Waals surface area contributed by atoms with Crippen LogP contribution < -0.4 is 11.2 Å². The maximum absolute atomic E-state index is 12.2. The first-order valence-electron chi connectivity index (χ1n) is 8.48. The second-order valence-corrected chi connectivity index (χ2v) is 6.84. The van der Waals surface area contributed by atoms with Crippen molar-refractivity contribution in [2.75, 3.05) is 6.61 Å². The van der Waals surface area contributed by atoms with Crippen molar-refractivity contribution >= 4 is 0 Å². The van der Waals surface area contributed by atoms with Gasteiger partial charge in [-0.2, -0.15) is 0 Å². The molecule has 2 N–H and O–H groups in total. The molecule has 132 valence electrons. The van der Waals surface area contributed by atoms with Crippen molar-refractivity contribution in [3.8, 4) is 0 Å². The maximum Gasteiger partial charge on any atom is 0.330 e. The number of hydrogen-bond donors (Lipinski definition) is 2. The van der Waals surface area contributed by atoms with Gasteiger partial charge in [0.1, 0.15) is 17.8 Å². The van der Waals surface area contributed by atoms with E-state index in [4.69, 9.17) is 14.2 Å². The van der Waals surface area contributed by atoms with Gasteiger partial charge in [0.2, 0.25) is 0 Å². The van der Waals surface area contributed by atoms with Gasteiger partial charge in [-0.25, -0.2) is 4.79 Å². The molecule has 8 nitrogen and oxygen atoms in total. The number of nitrogens with zero attached hydrogens (tertiary/aromatic N) is 1. The van der Waals surface area contributed by atoms with Crippen LogP contribution in [0.5, 0.6) is 0 Å². The minimum atomic E-state index is -0.920. The Kier molecular flexibility index (Phi) is 3.68. The summed E-state index contributed by atoms with van der Waals surface area (Å²) in [4.78, 5) is 25.7. The fourth-order valence-corrected chi connectivity index (χ4v) is 4.14. The zero-order valence-corrected chi connectivity index (χ0v) is 13.6. The minimum absolute atomic E-state index is 0.224. The molecule has 0 radical (unpaired) electrons. The van der Waals surface area contributed by atoms with Gasteiger partial charge in [0.25, 0.3) is 5.56 Å². The average Bonchev–Trinajstić information content (AvgIpc) is 3.24. The molecule has 0 unspecified atom stereocenters. The van der Waals surface area contributed by atoms with Gasteiger partial charge in [-0.1, -0.05) is 6.92 Å². The molecule has 4 atom stereocenters. The zero-order valence-electron chi connectivity index (χ0n) is 13.6. The number of aromatic amines is 1. The highest BCUT2D eigenvalue weighted by atomic mass is 16.8. The van der Waals surface area contributed by atoms with Crippen molar-refractivity contribution in [2.45, 2.75) is 68.9 Å². The Morgan fingerprint density at radius 3 is 2.67 bits per heavy atom. The van der Waals surface area contributed by atoms with Crippen molar-refractivity contribution < 1.29 is 19.3 Å². The molecule has 2 saturated heterocycles. The Hall–Kier alpha value is -1.48. The molecule has 3 heterocycles. The molecule has 0 aromatic carbocycles. The summed E-state index contributed by atoms with van der Waals surface area (Å²) >= 11 is 0. The largest absolute Gasteiger partial charge is 0.393 e. The monoisotopic (exact) mass is 338 g/mol. The Labute approximate surface area is 138 Å². The summed E-state index contributed by atoms with van der Waals surface area (Å²) in [5, 5.41) is 9.97. The van der Waals surface area contributed by atoms with Crippen molar-refractivity contribution in [2.24, 2.45) is 0 Å². The molecule has 0 bridgehead atoms. The van der Waals surface area contributed by atoms with Crippen LogP contribution in [0.2, 0.25) is 0 Å². The van der Waals surface area contributed by atoms with E-state index in [1.54, 1.807) is 0 Å². The molecular weight excluding hydrogens is 316 g/mol. The smallest absolute Gasteiger partial charge is 0.330 e. The van der Waals surface area contributed by atoms with Gasteiger partial charge in [0, 0.05) is 25.1 Å². The van der Waals surface area contributed by atoms with Gasteiger partial charge in [-0.05, 0) is 19.3 Å². The molecule has 1 saturated carbocycles. The Morgan fingerprint density at radius 2 is 2.04 bits per heavy atom. The third-order valence-corrected chi connectivity index (χ3v) is 5.50. The molecule has 1 aromatic heterocycles. The Balaban J connectivity index is 1.75. The summed E-state index contributed by atoms with van der Waals surface area (Å²) in [6.45, 7) is 1.69. The first-order chi connectivity index (χ1) is 11.5. The molecule has 8 heteroatoms. The minimum Gasteiger partial charge on any atom is -0.393 e. The molecule has 3 aliphatic rings. The normalized spacial score (nSPS) is 37.2. The van der Waals surface area contributed by atoms with E-state index in [1.807, 2.05) is 6.92 Å². The third kappa shape index (κ3) is 2.21. The number of hydrogen-bond acceptors (Lipinski definition) is 6. The highest BCUT2D eigenvalue weighted by Crippen LogP contribution is 2.53. The number of aliphatic hydroxyl groups excluding tert-OH is 1. The molecule has 2 aliphatic heterocycles. The van der Waals surface area contributed by atoms with Gasteiger partial charge < -0.3 is 19.3 Å². The fraction of sp³-hybridized carbons (Fsp3) is 0.750. The van der Waals surface area contributed by atoms with E-state index in [0.29, 0.717) is 6.42 Å². The van der Waals surface area contributed by atoms with Gasteiger partial charge in [0.05, 0.1) is 6.61 Å². The Morgan fingerprint density at radius 1 is 1.29 bits per heavy atom. The van der Waals surface area contributed by atoms with E-state index in [0.717, 1.165) is 25.7 Å². The highest BCUT2D eigenvalue weighted by Gasteiger charge is 2.64. The summed E-state index contributed by atoms with van der Waals surface area (Å²) < 4.78 is 19.9. The van der Waals surface area contributed by atoms with Crippen LogP contribution in [-0.2, 0) is 14.2 Å². The third-order valence-electron chi connectivity index (χ3n) is 5.50. The highest BCUT2D eigenvalue weighted by molar-refractivity contribution is 5.07. The van der Waals surface area contributed by atoms with Crippen LogP contribution >= 0.6 is 0 Å². The number of aliphatic hydroxyl groups is 1. The summed E-state index contributed by atoms with van der Waals surface area (Å²) in [5.41, 5.74) is -1.95. The van der Waals surface area contributed by atoms with Crippen LogP contribution in [0.1, 0.15) is 45.3 Å². The average molecular weight is 338 g/mol. The second kappa shape index (κ2) is 5.52. The topological polar surface area (TPSA) is 103 Å². The SMILES string of the molecule is CC[C@@]1(CO)O[C@@H](n2ccc(=O)[nH]c2=O)[C@@H]2OC3(CCCC3)O[C@@H]21. The second-order valence-electron chi connectivity index (χ2n) is 6.84.